The summed E-state index contributed by atoms with van der Waals surface area (Å²) in [6.07, 6.45) is 0.885. The van der Waals surface area contributed by atoms with E-state index < -0.39 is 15.1 Å². The molecule has 1 saturated heterocycles. The quantitative estimate of drug-likeness (QED) is 0.842. The minimum atomic E-state index is -3.35. The van der Waals surface area contributed by atoms with Crippen LogP contribution in [0.1, 0.15) is 23.2 Å². The number of para-hydroxylation sites is 1. The Hall–Kier alpha value is -2.34. The van der Waals surface area contributed by atoms with Crippen molar-refractivity contribution in [1.82, 2.24) is 4.90 Å². The summed E-state index contributed by atoms with van der Waals surface area (Å²) in [5.74, 6) is 0.416. The maximum absolute atomic E-state index is 12.7. The number of nitrogens with zero attached hydrogens (tertiary/aromatic N) is 1. The molecule has 0 bridgehead atoms. The van der Waals surface area contributed by atoms with Crippen molar-refractivity contribution in [2.45, 2.75) is 23.0 Å². The molecule has 3 rings (SSSR count). The number of amides is 1. The summed E-state index contributed by atoms with van der Waals surface area (Å²) in [7, 11) is -1.82. The van der Waals surface area contributed by atoms with Crippen molar-refractivity contribution >= 4 is 15.7 Å². The molecule has 1 aliphatic rings. The molecule has 1 fully saturated rings. The predicted octanol–water partition coefficient (Wildman–Crippen LogP) is 2.77. The lowest BCUT2D eigenvalue weighted by atomic mass is 10.1. The van der Waals surface area contributed by atoms with Gasteiger partial charge >= 0.3 is 0 Å². The second kappa shape index (κ2) is 7.27. The first kappa shape index (κ1) is 17.5. The monoisotopic (exact) mass is 359 g/mol. The van der Waals surface area contributed by atoms with E-state index in [1.165, 1.54) is 7.11 Å². The molecule has 2 aromatic rings. The lowest BCUT2D eigenvalue weighted by molar-refractivity contribution is 0.0722. The first-order valence-electron chi connectivity index (χ1n) is 8.25. The standard InChI is InChI=1S/C19H21NO4S/c1-24-18-10-6-5-9-17(18)19(21)20-13-11-16(12-14-20)25(22,23)15-7-3-2-4-8-15/h2-10,16H,11-14H2,1H3. The maximum atomic E-state index is 12.7. The number of rotatable bonds is 4. The fourth-order valence-corrected chi connectivity index (χ4v) is 4.92. The summed E-state index contributed by atoms with van der Waals surface area (Å²) in [5, 5.41) is -0.448. The molecule has 0 saturated carbocycles. The van der Waals surface area contributed by atoms with Crippen LogP contribution in [0.5, 0.6) is 5.75 Å². The number of carbonyl (C=O) groups is 1. The smallest absolute Gasteiger partial charge is 0.257 e. The van der Waals surface area contributed by atoms with E-state index in [-0.39, 0.29) is 5.91 Å². The highest BCUT2D eigenvalue weighted by Gasteiger charge is 2.33. The topological polar surface area (TPSA) is 63.7 Å². The highest BCUT2D eigenvalue weighted by Crippen LogP contribution is 2.26. The van der Waals surface area contributed by atoms with Gasteiger partial charge in [0.05, 0.1) is 22.8 Å². The summed E-state index contributed by atoms with van der Waals surface area (Å²) in [5.41, 5.74) is 0.509. The molecular formula is C19H21NO4S. The van der Waals surface area contributed by atoms with Crippen molar-refractivity contribution in [2.24, 2.45) is 0 Å². The number of carbonyl (C=O) groups excluding carboxylic acids is 1. The van der Waals surface area contributed by atoms with E-state index >= 15 is 0 Å². The second-order valence-corrected chi connectivity index (χ2v) is 8.28. The lowest BCUT2D eigenvalue weighted by Gasteiger charge is -2.32. The van der Waals surface area contributed by atoms with Gasteiger partial charge in [0.2, 0.25) is 0 Å². The molecule has 0 atom stereocenters. The number of likely N-dealkylation sites (tertiary alicyclic amines) is 1. The van der Waals surface area contributed by atoms with E-state index in [2.05, 4.69) is 0 Å². The van der Waals surface area contributed by atoms with E-state index in [0.717, 1.165) is 0 Å². The van der Waals surface area contributed by atoms with Crippen molar-refractivity contribution in [3.63, 3.8) is 0 Å². The zero-order valence-corrected chi connectivity index (χ0v) is 14.9. The molecule has 0 unspecified atom stereocenters. The van der Waals surface area contributed by atoms with Gasteiger partial charge in [0.15, 0.2) is 9.84 Å². The van der Waals surface area contributed by atoms with Crippen LogP contribution in [0, 0.1) is 0 Å². The van der Waals surface area contributed by atoms with Gasteiger partial charge in [0.25, 0.3) is 5.91 Å². The van der Waals surface area contributed by atoms with Crippen LogP contribution in [0.2, 0.25) is 0 Å². The third-order valence-corrected chi connectivity index (χ3v) is 6.86. The van der Waals surface area contributed by atoms with Gasteiger partial charge in [-0.15, -0.1) is 0 Å². The van der Waals surface area contributed by atoms with Crippen LogP contribution in [0.4, 0.5) is 0 Å². The Morgan fingerprint density at radius 3 is 2.24 bits per heavy atom. The molecule has 0 N–H and O–H groups in total. The van der Waals surface area contributed by atoms with E-state index in [1.54, 1.807) is 53.4 Å². The van der Waals surface area contributed by atoms with Gasteiger partial charge in [-0.05, 0) is 37.1 Å². The molecule has 2 aromatic carbocycles. The Morgan fingerprint density at radius 2 is 1.60 bits per heavy atom. The van der Waals surface area contributed by atoms with E-state index in [1.807, 2.05) is 6.07 Å². The molecule has 25 heavy (non-hydrogen) atoms. The van der Waals surface area contributed by atoms with E-state index in [9.17, 15) is 13.2 Å². The largest absolute Gasteiger partial charge is 0.496 e. The van der Waals surface area contributed by atoms with Gasteiger partial charge in [0.1, 0.15) is 5.75 Å². The molecule has 5 nitrogen and oxygen atoms in total. The molecule has 6 heteroatoms. The van der Waals surface area contributed by atoms with E-state index in [0.29, 0.717) is 42.1 Å². The highest BCUT2D eigenvalue weighted by atomic mass is 32.2. The highest BCUT2D eigenvalue weighted by molar-refractivity contribution is 7.92. The number of hydrogen-bond donors (Lipinski definition) is 0. The number of methoxy groups -OCH3 is 1. The number of benzene rings is 2. The number of ether oxygens (including phenoxy) is 1. The van der Waals surface area contributed by atoms with Crippen molar-refractivity contribution in [3.8, 4) is 5.75 Å². The minimum absolute atomic E-state index is 0.118. The molecule has 0 aliphatic carbocycles. The van der Waals surface area contributed by atoms with Crippen molar-refractivity contribution < 1.29 is 17.9 Å². The van der Waals surface area contributed by atoms with Crippen LogP contribution in [0.25, 0.3) is 0 Å². The molecule has 132 valence electrons. The third kappa shape index (κ3) is 3.54. The lowest BCUT2D eigenvalue weighted by Crippen LogP contribution is -2.42. The fraction of sp³-hybridized carbons (Fsp3) is 0.316. The van der Waals surface area contributed by atoms with Gasteiger partial charge < -0.3 is 9.64 Å². The Morgan fingerprint density at radius 1 is 1.00 bits per heavy atom. The zero-order valence-electron chi connectivity index (χ0n) is 14.1. The Bertz CT molecular complexity index is 841. The summed E-state index contributed by atoms with van der Waals surface area (Å²) in [6, 6.07) is 15.6. The zero-order chi connectivity index (χ0) is 17.9. The first-order chi connectivity index (χ1) is 12.0. The van der Waals surface area contributed by atoms with Crippen molar-refractivity contribution in [2.75, 3.05) is 20.2 Å². The van der Waals surface area contributed by atoms with Crippen molar-refractivity contribution in [3.05, 3.63) is 60.2 Å². The molecule has 0 spiro atoms. The average molecular weight is 359 g/mol. The van der Waals surface area contributed by atoms with Gasteiger partial charge in [0, 0.05) is 13.1 Å². The summed E-state index contributed by atoms with van der Waals surface area (Å²) < 4.78 is 30.7. The molecule has 0 aromatic heterocycles. The van der Waals surface area contributed by atoms with E-state index in [4.69, 9.17) is 4.74 Å². The summed E-state index contributed by atoms with van der Waals surface area (Å²) in [6.45, 7) is 0.848. The van der Waals surface area contributed by atoms with Crippen LogP contribution >= 0.6 is 0 Å². The van der Waals surface area contributed by atoms with Crippen LogP contribution in [0.15, 0.2) is 59.5 Å². The molecule has 0 radical (unpaired) electrons. The Kier molecular flexibility index (Phi) is 5.08. The molecule has 1 amide bonds. The van der Waals surface area contributed by atoms with Gasteiger partial charge in [-0.25, -0.2) is 8.42 Å². The van der Waals surface area contributed by atoms with Crippen LogP contribution in [-0.4, -0.2) is 44.7 Å². The Balaban J connectivity index is 1.71. The summed E-state index contributed by atoms with van der Waals surface area (Å²) >= 11 is 0. The third-order valence-electron chi connectivity index (χ3n) is 4.58. The van der Waals surface area contributed by atoms with Crippen LogP contribution < -0.4 is 4.74 Å². The second-order valence-electron chi connectivity index (χ2n) is 6.05. The van der Waals surface area contributed by atoms with Crippen LogP contribution in [-0.2, 0) is 9.84 Å². The Labute approximate surface area is 148 Å². The SMILES string of the molecule is COc1ccccc1C(=O)N1CCC(S(=O)(=O)c2ccccc2)CC1. The summed E-state index contributed by atoms with van der Waals surface area (Å²) in [4.78, 5) is 14.8. The van der Waals surface area contributed by atoms with Gasteiger partial charge in [-0.2, -0.15) is 0 Å². The average Bonchev–Trinajstić information content (AvgIpc) is 2.68. The van der Waals surface area contributed by atoms with Crippen LogP contribution in [0.3, 0.4) is 0 Å². The number of hydrogen-bond acceptors (Lipinski definition) is 4. The molecule has 1 aliphatic heterocycles. The normalized spacial score (nSPS) is 15.8. The molecule has 1 heterocycles. The fourth-order valence-electron chi connectivity index (χ4n) is 3.16. The van der Waals surface area contributed by atoms with Gasteiger partial charge in [-0.3, -0.25) is 4.79 Å². The molecular weight excluding hydrogens is 338 g/mol. The minimum Gasteiger partial charge on any atom is -0.496 e. The van der Waals surface area contributed by atoms with Crippen molar-refractivity contribution in [1.29, 1.82) is 0 Å². The van der Waals surface area contributed by atoms with Gasteiger partial charge in [-0.1, -0.05) is 30.3 Å². The predicted molar refractivity (Wildman–Crippen MR) is 95.5 cm³/mol. The number of piperidine rings is 1. The number of sulfone groups is 1. The first-order valence-corrected chi connectivity index (χ1v) is 9.80. The maximum Gasteiger partial charge on any atom is 0.257 e.